The third-order valence-electron chi connectivity index (χ3n) is 4.38. The minimum absolute atomic E-state index is 0.124. The Bertz CT molecular complexity index is 1100. The zero-order chi connectivity index (χ0) is 22.2. The van der Waals surface area contributed by atoms with Gasteiger partial charge in [-0.2, -0.15) is 5.10 Å². The number of carbonyl (C=O) groups excluding carboxylic acids is 1. The molecule has 0 atom stereocenters. The topological polar surface area (TPSA) is 92.4 Å². The fraction of sp³-hybridized carbons (Fsp3) is 0.182. The molecule has 0 saturated carbocycles. The van der Waals surface area contributed by atoms with Crippen molar-refractivity contribution in [1.82, 2.24) is 20.2 Å². The number of nitrogens with one attached hydrogen (secondary N) is 1. The molecule has 160 valence electrons. The molecule has 3 rings (SSSR count). The summed E-state index contributed by atoms with van der Waals surface area (Å²) in [5.41, 5.74) is 4.64. The number of phenols is 1. The van der Waals surface area contributed by atoms with Crippen LogP contribution >= 0.6 is 23.4 Å². The van der Waals surface area contributed by atoms with Crippen LogP contribution in [-0.4, -0.2) is 37.7 Å². The minimum Gasteiger partial charge on any atom is -0.507 e. The second kappa shape index (κ2) is 10.8. The molecule has 0 bridgehead atoms. The molecule has 1 aromatic heterocycles. The first-order valence-electron chi connectivity index (χ1n) is 9.59. The molecule has 0 aliphatic carbocycles. The van der Waals surface area contributed by atoms with Crippen LogP contribution in [-0.2, 0) is 17.8 Å². The van der Waals surface area contributed by atoms with E-state index in [0.29, 0.717) is 28.7 Å². The number of thioether (sulfide) groups is 1. The molecular weight excluding hydrogens is 434 g/mol. The van der Waals surface area contributed by atoms with Crippen LogP contribution in [0.3, 0.4) is 0 Å². The zero-order valence-electron chi connectivity index (χ0n) is 17.0. The molecule has 2 N–H and O–H groups in total. The Balaban J connectivity index is 1.60. The lowest BCUT2D eigenvalue weighted by molar-refractivity contribution is -0.118. The number of aromatic nitrogens is 3. The van der Waals surface area contributed by atoms with Crippen molar-refractivity contribution in [1.29, 1.82) is 0 Å². The van der Waals surface area contributed by atoms with E-state index in [1.165, 1.54) is 18.0 Å². The van der Waals surface area contributed by atoms with Gasteiger partial charge in [-0.15, -0.1) is 16.8 Å². The monoisotopic (exact) mass is 455 g/mol. The number of rotatable bonds is 9. The van der Waals surface area contributed by atoms with E-state index in [4.69, 9.17) is 11.6 Å². The fourth-order valence-electron chi connectivity index (χ4n) is 2.86. The van der Waals surface area contributed by atoms with E-state index in [1.54, 1.807) is 24.3 Å². The average Bonchev–Trinajstić information content (AvgIpc) is 3.18. The second-order valence-electron chi connectivity index (χ2n) is 6.49. The molecular formula is C22H22ClN5O2S. The molecule has 0 unspecified atom stereocenters. The summed E-state index contributed by atoms with van der Waals surface area (Å²) in [5, 5.41) is 23.9. The van der Waals surface area contributed by atoms with Crippen LogP contribution in [0.4, 0.5) is 0 Å². The largest absolute Gasteiger partial charge is 0.507 e. The van der Waals surface area contributed by atoms with Gasteiger partial charge in [0.2, 0.25) is 0 Å². The number of amides is 1. The summed E-state index contributed by atoms with van der Waals surface area (Å²) in [7, 11) is 0. The summed E-state index contributed by atoms with van der Waals surface area (Å²) in [6.07, 6.45) is 3.67. The molecule has 7 nitrogen and oxygen atoms in total. The molecule has 2 aromatic carbocycles. The lowest BCUT2D eigenvalue weighted by atomic mass is 10.1. The van der Waals surface area contributed by atoms with Crippen molar-refractivity contribution in [2.45, 2.75) is 25.0 Å². The highest BCUT2D eigenvalue weighted by Gasteiger charge is 2.14. The van der Waals surface area contributed by atoms with Crippen LogP contribution in [0.15, 0.2) is 65.4 Å². The van der Waals surface area contributed by atoms with E-state index in [0.717, 1.165) is 17.0 Å². The van der Waals surface area contributed by atoms with Gasteiger partial charge in [-0.1, -0.05) is 41.6 Å². The molecule has 0 saturated heterocycles. The number of carbonyl (C=O) groups is 1. The Morgan fingerprint density at radius 3 is 2.77 bits per heavy atom. The van der Waals surface area contributed by atoms with Gasteiger partial charge in [0.25, 0.3) is 5.91 Å². The van der Waals surface area contributed by atoms with Crippen molar-refractivity contribution in [3.8, 4) is 17.1 Å². The standard InChI is InChI=1S/C22H22ClN5O2S/c1-3-6-15-7-5-8-17(20(15)30)13-24-25-19(29)14-31-22-27-26-21(28(22)4-2)16-9-11-18(23)12-10-16/h3,5,7-13,30H,1,4,6,14H2,2H3,(H,25,29)/b24-13-. The summed E-state index contributed by atoms with van der Waals surface area (Å²) in [6, 6.07) is 12.7. The van der Waals surface area contributed by atoms with Gasteiger partial charge < -0.3 is 9.67 Å². The highest BCUT2D eigenvalue weighted by Crippen LogP contribution is 2.25. The predicted octanol–water partition coefficient (Wildman–Crippen LogP) is 4.29. The third-order valence-corrected chi connectivity index (χ3v) is 5.59. The quantitative estimate of drug-likeness (QED) is 0.217. The number of nitrogens with zero attached hydrogens (tertiary/aromatic N) is 4. The van der Waals surface area contributed by atoms with Gasteiger partial charge >= 0.3 is 0 Å². The smallest absolute Gasteiger partial charge is 0.250 e. The first-order valence-corrected chi connectivity index (χ1v) is 11.0. The lowest BCUT2D eigenvalue weighted by Gasteiger charge is -2.07. The van der Waals surface area contributed by atoms with Crippen molar-refractivity contribution in [2.24, 2.45) is 5.10 Å². The van der Waals surface area contributed by atoms with Gasteiger partial charge in [0.15, 0.2) is 11.0 Å². The van der Waals surface area contributed by atoms with E-state index < -0.39 is 0 Å². The number of phenolic OH excluding ortho intramolecular Hbond substituents is 1. The fourth-order valence-corrected chi connectivity index (χ4v) is 3.79. The number of hydrogen-bond acceptors (Lipinski definition) is 6. The number of para-hydroxylation sites is 1. The van der Waals surface area contributed by atoms with Gasteiger partial charge in [-0.25, -0.2) is 5.43 Å². The summed E-state index contributed by atoms with van der Waals surface area (Å²) in [6.45, 7) is 6.32. The van der Waals surface area contributed by atoms with Gasteiger partial charge in [-0.3, -0.25) is 4.79 Å². The molecule has 1 amide bonds. The predicted molar refractivity (Wildman–Crippen MR) is 125 cm³/mol. The number of benzene rings is 2. The Kier molecular flexibility index (Phi) is 7.86. The first kappa shape index (κ1) is 22.6. The summed E-state index contributed by atoms with van der Waals surface area (Å²) in [4.78, 5) is 12.2. The molecule has 0 fully saturated rings. The van der Waals surface area contributed by atoms with Crippen LogP contribution in [0.25, 0.3) is 11.4 Å². The summed E-state index contributed by atoms with van der Waals surface area (Å²) in [5.74, 6) is 0.677. The van der Waals surface area contributed by atoms with Crippen molar-refractivity contribution in [3.63, 3.8) is 0 Å². The Labute approximate surface area is 189 Å². The molecule has 0 aliphatic rings. The highest BCUT2D eigenvalue weighted by molar-refractivity contribution is 7.99. The van der Waals surface area contributed by atoms with Crippen molar-refractivity contribution >= 4 is 35.5 Å². The number of halogens is 1. The summed E-state index contributed by atoms with van der Waals surface area (Å²) < 4.78 is 1.94. The maximum absolute atomic E-state index is 12.2. The molecule has 1 heterocycles. The van der Waals surface area contributed by atoms with E-state index in [1.807, 2.05) is 35.8 Å². The highest BCUT2D eigenvalue weighted by atomic mass is 35.5. The molecule has 0 aliphatic heterocycles. The number of hydrogen-bond donors (Lipinski definition) is 2. The number of hydrazone groups is 1. The number of aromatic hydroxyl groups is 1. The molecule has 9 heteroatoms. The third kappa shape index (κ3) is 5.74. The maximum Gasteiger partial charge on any atom is 0.250 e. The molecule has 3 aromatic rings. The van der Waals surface area contributed by atoms with Crippen LogP contribution in [0.5, 0.6) is 5.75 Å². The van der Waals surface area contributed by atoms with E-state index in [-0.39, 0.29) is 17.4 Å². The Morgan fingerprint density at radius 2 is 2.06 bits per heavy atom. The number of allylic oxidation sites excluding steroid dienone is 1. The first-order chi connectivity index (χ1) is 15.0. The minimum atomic E-state index is -0.290. The Hall–Kier alpha value is -3.10. The summed E-state index contributed by atoms with van der Waals surface area (Å²) >= 11 is 7.23. The van der Waals surface area contributed by atoms with Crippen LogP contribution < -0.4 is 5.43 Å². The Morgan fingerprint density at radius 1 is 1.29 bits per heavy atom. The van der Waals surface area contributed by atoms with Crippen LogP contribution in [0, 0.1) is 0 Å². The second-order valence-corrected chi connectivity index (χ2v) is 7.87. The van der Waals surface area contributed by atoms with Crippen molar-refractivity contribution < 1.29 is 9.90 Å². The van der Waals surface area contributed by atoms with Gasteiger partial charge in [0.05, 0.1) is 12.0 Å². The van der Waals surface area contributed by atoms with Crippen molar-refractivity contribution in [2.75, 3.05) is 5.75 Å². The van der Waals surface area contributed by atoms with Gasteiger partial charge in [-0.05, 0) is 49.2 Å². The molecule has 0 radical (unpaired) electrons. The average molecular weight is 456 g/mol. The zero-order valence-corrected chi connectivity index (χ0v) is 18.5. The normalized spacial score (nSPS) is 11.0. The van der Waals surface area contributed by atoms with E-state index in [9.17, 15) is 9.90 Å². The SMILES string of the molecule is C=CCc1cccc(/C=N\NC(=O)CSc2nnc(-c3ccc(Cl)cc3)n2CC)c1O. The molecule has 31 heavy (non-hydrogen) atoms. The lowest BCUT2D eigenvalue weighted by Crippen LogP contribution is -2.20. The van der Waals surface area contributed by atoms with Crippen LogP contribution in [0.1, 0.15) is 18.1 Å². The van der Waals surface area contributed by atoms with E-state index >= 15 is 0 Å². The molecule has 0 spiro atoms. The van der Waals surface area contributed by atoms with Crippen molar-refractivity contribution in [3.05, 3.63) is 71.3 Å². The van der Waals surface area contributed by atoms with Crippen LogP contribution in [0.2, 0.25) is 5.02 Å². The maximum atomic E-state index is 12.2. The van der Waals surface area contributed by atoms with Gasteiger partial charge in [0.1, 0.15) is 5.75 Å². The van der Waals surface area contributed by atoms with E-state index in [2.05, 4.69) is 27.3 Å². The van der Waals surface area contributed by atoms with Gasteiger partial charge in [0, 0.05) is 22.7 Å².